The molecule has 0 amide bonds. The maximum absolute atomic E-state index is 4.52. The van der Waals surface area contributed by atoms with Crippen LogP contribution in [0.25, 0.3) is 0 Å². The zero-order chi connectivity index (χ0) is 15.1. The van der Waals surface area contributed by atoms with Gasteiger partial charge >= 0.3 is 0 Å². The summed E-state index contributed by atoms with van der Waals surface area (Å²) in [4.78, 5) is 11.2. The predicted octanol–water partition coefficient (Wildman–Crippen LogP) is 3.73. The molecule has 1 N–H and O–H groups in total. The van der Waals surface area contributed by atoms with Crippen LogP contribution in [-0.2, 0) is 0 Å². The monoisotopic (exact) mass is 278 g/mol. The molecule has 0 bridgehead atoms. The van der Waals surface area contributed by atoms with Gasteiger partial charge in [-0.3, -0.25) is 0 Å². The fraction of sp³-hybridized carbons (Fsp3) is 0.750. The van der Waals surface area contributed by atoms with E-state index in [2.05, 4.69) is 54.8 Å². The summed E-state index contributed by atoms with van der Waals surface area (Å²) in [5, 5.41) is 3.14. The quantitative estimate of drug-likeness (QED) is 0.786. The lowest BCUT2D eigenvalue weighted by Gasteiger charge is -2.27. The number of rotatable bonds is 8. The summed E-state index contributed by atoms with van der Waals surface area (Å²) < 4.78 is 0. The molecule has 0 saturated heterocycles. The van der Waals surface area contributed by atoms with Crippen LogP contribution in [-0.4, -0.2) is 30.1 Å². The zero-order valence-electron chi connectivity index (χ0n) is 13.9. The van der Waals surface area contributed by atoms with E-state index in [0.717, 1.165) is 30.3 Å². The number of aromatic nitrogens is 2. The molecule has 0 fully saturated rings. The van der Waals surface area contributed by atoms with Crippen LogP contribution in [0.15, 0.2) is 6.33 Å². The van der Waals surface area contributed by atoms with Crippen LogP contribution in [0.5, 0.6) is 0 Å². The van der Waals surface area contributed by atoms with Crippen molar-refractivity contribution < 1.29 is 0 Å². The molecule has 0 aliphatic rings. The lowest BCUT2D eigenvalue weighted by molar-refractivity contribution is 0.532. The molecule has 0 atom stereocenters. The van der Waals surface area contributed by atoms with Gasteiger partial charge in [0.25, 0.3) is 0 Å². The van der Waals surface area contributed by atoms with Gasteiger partial charge in [0.1, 0.15) is 18.0 Å². The van der Waals surface area contributed by atoms with E-state index in [1.54, 1.807) is 6.33 Å². The standard InChI is InChI=1S/C16H30N4/c1-12(2)7-9-20(10-8-13(3)4)16-14(5)15(17-6)18-11-19-16/h11-13H,7-10H2,1-6H3,(H,17,18,19). The largest absolute Gasteiger partial charge is 0.373 e. The van der Waals surface area contributed by atoms with E-state index in [1.165, 1.54) is 12.8 Å². The van der Waals surface area contributed by atoms with E-state index >= 15 is 0 Å². The second kappa shape index (κ2) is 8.08. The Morgan fingerprint density at radius 1 is 1.05 bits per heavy atom. The van der Waals surface area contributed by atoms with Gasteiger partial charge in [-0.05, 0) is 31.6 Å². The molecule has 4 nitrogen and oxygen atoms in total. The number of nitrogens with one attached hydrogen (secondary N) is 1. The third kappa shape index (κ3) is 4.99. The van der Waals surface area contributed by atoms with E-state index in [9.17, 15) is 0 Å². The molecule has 0 spiro atoms. The van der Waals surface area contributed by atoms with Crippen molar-refractivity contribution in [3.63, 3.8) is 0 Å². The first-order valence-electron chi connectivity index (χ1n) is 7.70. The van der Waals surface area contributed by atoms with Crippen LogP contribution in [0.1, 0.15) is 46.1 Å². The Morgan fingerprint density at radius 2 is 1.60 bits per heavy atom. The summed E-state index contributed by atoms with van der Waals surface area (Å²) in [6, 6.07) is 0. The van der Waals surface area contributed by atoms with Gasteiger partial charge in [-0.15, -0.1) is 0 Å². The summed E-state index contributed by atoms with van der Waals surface area (Å²) in [5.41, 5.74) is 1.14. The molecule has 1 aromatic heterocycles. The first-order valence-corrected chi connectivity index (χ1v) is 7.70. The highest BCUT2D eigenvalue weighted by atomic mass is 15.2. The summed E-state index contributed by atoms with van der Waals surface area (Å²) in [5.74, 6) is 3.42. The van der Waals surface area contributed by atoms with E-state index in [0.29, 0.717) is 11.8 Å². The van der Waals surface area contributed by atoms with Crippen LogP contribution in [0, 0.1) is 18.8 Å². The molecule has 0 radical (unpaired) electrons. The van der Waals surface area contributed by atoms with E-state index in [1.807, 2.05) is 7.05 Å². The Hall–Kier alpha value is -1.32. The molecule has 0 unspecified atom stereocenters. The van der Waals surface area contributed by atoms with Crippen LogP contribution < -0.4 is 10.2 Å². The highest BCUT2D eigenvalue weighted by Crippen LogP contribution is 2.23. The Bertz CT molecular complexity index is 389. The van der Waals surface area contributed by atoms with Crippen molar-refractivity contribution >= 4 is 11.6 Å². The Morgan fingerprint density at radius 3 is 2.05 bits per heavy atom. The molecular formula is C16H30N4. The molecule has 0 saturated carbocycles. The molecule has 0 aliphatic heterocycles. The molecule has 1 heterocycles. The highest BCUT2D eigenvalue weighted by molar-refractivity contribution is 5.57. The molecule has 0 aromatic carbocycles. The van der Waals surface area contributed by atoms with Crippen molar-refractivity contribution in [2.45, 2.75) is 47.5 Å². The third-order valence-corrected chi connectivity index (χ3v) is 3.55. The topological polar surface area (TPSA) is 41.1 Å². The van der Waals surface area contributed by atoms with Gasteiger partial charge in [0.2, 0.25) is 0 Å². The van der Waals surface area contributed by atoms with Gasteiger partial charge in [0.05, 0.1) is 0 Å². The molecule has 0 aliphatic carbocycles. The number of anilines is 2. The Kier molecular flexibility index (Phi) is 6.76. The van der Waals surface area contributed by atoms with Crippen molar-refractivity contribution in [3.8, 4) is 0 Å². The first-order chi connectivity index (χ1) is 9.45. The maximum Gasteiger partial charge on any atom is 0.137 e. The van der Waals surface area contributed by atoms with Crippen molar-refractivity contribution in [2.75, 3.05) is 30.4 Å². The van der Waals surface area contributed by atoms with E-state index < -0.39 is 0 Å². The highest BCUT2D eigenvalue weighted by Gasteiger charge is 2.14. The molecule has 4 heteroatoms. The number of hydrogen-bond acceptors (Lipinski definition) is 4. The van der Waals surface area contributed by atoms with Crippen LogP contribution in [0.2, 0.25) is 0 Å². The van der Waals surface area contributed by atoms with Gasteiger partial charge in [-0.1, -0.05) is 27.7 Å². The second-order valence-corrected chi connectivity index (χ2v) is 6.27. The molecular weight excluding hydrogens is 248 g/mol. The van der Waals surface area contributed by atoms with Crippen molar-refractivity contribution in [1.82, 2.24) is 9.97 Å². The summed E-state index contributed by atoms with van der Waals surface area (Å²) >= 11 is 0. The Balaban J connectivity index is 2.90. The smallest absolute Gasteiger partial charge is 0.137 e. The van der Waals surface area contributed by atoms with Gasteiger partial charge in [-0.25, -0.2) is 9.97 Å². The van der Waals surface area contributed by atoms with Crippen molar-refractivity contribution in [1.29, 1.82) is 0 Å². The zero-order valence-corrected chi connectivity index (χ0v) is 13.9. The average molecular weight is 278 g/mol. The minimum atomic E-state index is 0.711. The lowest BCUT2D eigenvalue weighted by atomic mass is 10.1. The Labute approximate surface area is 124 Å². The minimum absolute atomic E-state index is 0.711. The number of nitrogens with zero attached hydrogens (tertiary/aromatic N) is 3. The summed E-state index contributed by atoms with van der Waals surface area (Å²) in [6.07, 6.45) is 4.04. The van der Waals surface area contributed by atoms with Gasteiger partial charge in [0.15, 0.2) is 0 Å². The number of hydrogen-bond donors (Lipinski definition) is 1. The first kappa shape index (κ1) is 16.7. The van der Waals surface area contributed by atoms with Crippen LogP contribution in [0.3, 0.4) is 0 Å². The van der Waals surface area contributed by atoms with Crippen molar-refractivity contribution in [2.24, 2.45) is 11.8 Å². The summed E-state index contributed by atoms with van der Waals surface area (Å²) in [7, 11) is 1.91. The fourth-order valence-electron chi connectivity index (χ4n) is 2.16. The van der Waals surface area contributed by atoms with Crippen LogP contribution >= 0.6 is 0 Å². The molecule has 114 valence electrons. The lowest BCUT2D eigenvalue weighted by Crippen LogP contribution is -2.29. The molecule has 1 aromatic rings. The van der Waals surface area contributed by atoms with E-state index in [-0.39, 0.29) is 0 Å². The van der Waals surface area contributed by atoms with Gasteiger partial charge in [0, 0.05) is 25.7 Å². The predicted molar refractivity (Wildman–Crippen MR) is 87.4 cm³/mol. The minimum Gasteiger partial charge on any atom is -0.373 e. The van der Waals surface area contributed by atoms with Crippen LogP contribution in [0.4, 0.5) is 11.6 Å². The van der Waals surface area contributed by atoms with Crippen molar-refractivity contribution in [3.05, 3.63) is 11.9 Å². The van der Waals surface area contributed by atoms with Gasteiger partial charge < -0.3 is 10.2 Å². The van der Waals surface area contributed by atoms with Gasteiger partial charge in [-0.2, -0.15) is 0 Å². The average Bonchev–Trinajstić information content (AvgIpc) is 2.39. The molecule has 20 heavy (non-hydrogen) atoms. The summed E-state index contributed by atoms with van der Waals surface area (Å²) in [6.45, 7) is 13.3. The third-order valence-electron chi connectivity index (χ3n) is 3.55. The maximum atomic E-state index is 4.52. The molecule has 1 rings (SSSR count). The SMILES string of the molecule is CNc1ncnc(N(CCC(C)C)CCC(C)C)c1C. The van der Waals surface area contributed by atoms with E-state index in [4.69, 9.17) is 0 Å². The normalized spacial score (nSPS) is 11.2. The fourth-order valence-corrected chi connectivity index (χ4v) is 2.16. The second-order valence-electron chi connectivity index (χ2n) is 6.27.